The maximum atomic E-state index is 13.9. The lowest BCUT2D eigenvalue weighted by atomic mass is 10.0. The van der Waals surface area contributed by atoms with E-state index in [-0.39, 0.29) is 16.9 Å². The van der Waals surface area contributed by atoms with Crippen molar-refractivity contribution in [3.63, 3.8) is 0 Å². The van der Waals surface area contributed by atoms with E-state index < -0.39 is 47.7 Å². The van der Waals surface area contributed by atoms with Gasteiger partial charge in [0.25, 0.3) is 0 Å². The van der Waals surface area contributed by atoms with E-state index in [9.17, 15) is 8.78 Å². The summed E-state index contributed by atoms with van der Waals surface area (Å²) >= 11 is 5.33. The number of nitrogens with one attached hydrogen (secondary N) is 2. The third kappa shape index (κ3) is 4.37. The molecule has 2 N–H and O–H groups in total. The standard InChI is InChI=1S/C19H24F2N2O5S/c1-18(2)24-8-12(26-18)14-13(15-16(25-14)28-19(3,4)27-15)23-17(29)22-11-7-9(20)5-6-10(11)21/h5-7,12-16H,8H2,1-4H3,(H2,22,23,29)/t12-,13-,14-,15-,16-/m1/s1. The molecule has 0 unspecified atom stereocenters. The first-order valence-electron chi connectivity index (χ1n) is 9.38. The van der Waals surface area contributed by atoms with Crippen molar-refractivity contribution in [3.05, 3.63) is 29.8 Å². The Balaban J connectivity index is 1.51. The van der Waals surface area contributed by atoms with Gasteiger partial charge in [0, 0.05) is 6.07 Å². The molecule has 5 atom stereocenters. The highest BCUT2D eigenvalue weighted by atomic mass is 32.1. The number of benzene rings is 1. The Kier molecular flexibility index (Phi) is 5.29. The lowest BCUT2D eigenvalue weighted by Crippen LogP contribution is -2.53. The predicted octanol–water partition coefficient (Wildman–Crippen LogP) is 2.65. The van der Waals surface area contributed by atoms with Crippen LogP contribution in [0.5, 0.6) is 0 Å². The number of rotatable bonds is 3. The van der Waals surface area contributed by atoms with Crippen molar-refractivity contribution < 1.29 is 32.5 Å². The zero-order valence-electron chi connectivity index (χ0n) is 16.5. The highest BCUT2D eigenvalue weighted by Crippen LogP contribution is 2.40. The highest BCUT2D eigenvalue weighted by Gasteiger charge is 2.58. The molecule has 7 nitrogen and oxygen atoms in total. The van der Waals surface area contributed by atoms with Crippen LogP contribution in [0.25, 0.3) is 0 Å². The molecule has 0 aromatic heterocycles. The zero-order valence-corrected chi connectivity index (χ0v) is 17.3. The first-order chi connectivity index (χ1) is 13.5. The minimum atomic E-state index is -0.823. The fraction of sp³-hybridized carbons (Fsp3) is 0.632. The summed E-state index contributed by atoms with van der Waals surface area (Å²) in [5.74, 6) is -2.76. The van der Waals surface area contributed by atoms with E-state index in [0.717, 1.165) is 18.2 Å². The van der Waals surface area contributed by atoms with Gasteiger partial charge in [0.05, 0.1) is 18.3 Å². The maximum Gasteiger partial charge on any atom is 0.189 e. The Hall–Kier alpha value is -1.43. The van der Waals surface area contributed by atoms with Crippen molar-refractivity contribution in [2.45, 2.75) is 69.9 Å². The molecule has 0 radical (unpaired) electrons. The Bertz CT molecular complexity index is 809. The van der Waals surface area contributed by atoms with Gasteiger partial charge in [0.15, 0.2) is 23.0 Å². The van der Waals surface area contributed by atoms with Crippen LogP contribution in [-0.2, 0) is 23.7 Å². The van der Waals surface area contributed by atoms with Crippen LogP contribution in [0, 0.1) is 11.6 Å². The second-order valence-electron chi connectivity index (χ2n) is 8.18. The first kappa shape index (κ1) is 20.8. The van der Waals surface area contributed by atoms with E-state index in [4.69, 9.17) is 35.9 Å². The van der Waals surface area contributed by atoms with Gasteiger partial charge in [-0.1, -0.05) is 0 Å². The van der Waals surface area contributed by atoms with Crippen LogP contribution in [0.4, 0.5) is 14.5 Å². The molecule has 160 valence electrons. The quantitative estimate of drug-likeness (QED) is 0.710. The molecular formula is C19H24F2N2O5S. The minimum absolute atomic E-state index is 0.0694. The van der Waals surface area contributed by atoms with Gasteiger partial charge < -0.3 is 34.3 Å². The number of halogens is 2. The van der Waals surface area contributed by atoms with Gasteiger partial charge in [-0.25, -0.2) is 8.78 Å². The Labute approximate surface area is 173 Å². The van der Waals surface area contributed by atoms with Crippen molar-refractivity contribution in [1.29, 1.82) is 0 Å². The van der Waals surface area contributed by atoms with Crippen LogP contribution >= 0.6 is 12.2 Å². The molecule has 3 heterocycles. The minimum Gasteiger partial charge on any atom is -0.354 e. The van der Waals surface area contributed by atoms with Crippen LogP contribution < -0.4 is 10.6 Å². The summed E-state index contributed by atoms with van der Waals surface area (Å²) < 4.78 is 56.9. The lowest BCUT2D eigenvalue weighted by molar-refractivity contribution is -0.223. The van der Waals surface area contributed by atoms with Gasteiger partial charge >= 0.3 is 0 Å². The number of hydrogen-bond donors (Lipinski definition) is 2. The molecule has 3 aliphatic heterocycles. The summed E-state index contributed by atoms with van der Waals surface area (Å²) in [5, 5.41) is 5.89. The van der Waals surface area contributed by atoms with Gasteiger partial charge in [-0.15, -0.1) is 0 Å². The first-order valence-corrected chi connectivity index (χ1v) is 9.79. The van der Waals surface area contributed by atoms with Crippen molar-refractivity contribution in [1.82, 2.24) is 5.32 Å². The summed E-state index contributed by atoms with van der Waals surface area (Å²) in [6, 6.07) is 2.64. The molecular weight excluding hydrogens is 406 g/mol. The maximum absolute atomic E-state index is 13.9. The number of anilines is 1. The largest absolute Gasteiger partial charge is 0.354 e. The summed E-state index contributed by atoms with van der Waals surface area (Å²) in [5.41, 5.74) is -0.0694. The second kappa shape index (κ2) is 7.36. The lowest BCUT2D eigenvalue weighted by Gasteiger charge is -2.30. The van der Waals surface area contributed by atoms with Gasteiger partial charge in [0.1, 0.15) is 29.9 Å². The van der Waals surface area contributed by atoms with Crippen LogP contribution in [0.1, 0.15) is 27.7 Å². The van der Waals surface area contributed by atoms with E-state index in [0.29, 0.717) is 6.61 Å². The molecule has 10 heteroatoms. The molecule has 0 spiro atoms. The van der Waals surface area contributed by atoms with Gasteiger partial charge in [-0.05, 0) is 52.0 Å². The molecule has 1 aromatic carbocycles. The molecule has 0 bridgehead atoms. The molecule has 0 saturated carbocycles. The summed E-state index contributed by atoms with van der Waals surface area (Å²) in [6.45, 7) is 7.55. The third-order valence-electron chi connectivity index (χ3n) is 4.96. The van der Waals surface area contributed by atoms with Crippen molar-refractivity contribution >= 4 is 23.0 Å². The van der Waals surface area contributed by atoms with Gasteiger partial charge in [0.2, 0.25) is 0 Å². The van der Waals surface area contributed by atoms with E-state index in [2.05, 4.69) is 10.6 Å². The van der Waals surface area contributed by atoms with E-state index in [1.165, 1.54) is 0 Å². The molecule has 0 amide bonds. The smallest absolute Gasteiger partial charge is 0.189 e. The fourth-order valence-corrected chi connectivity index (χ4v) is 4.04. The van der Waals surface area contributed by atoms with Crippen LogP contribution in [0.2, 0.25) is 0 Å². The fourth-order valence-electron chi connectivity index (χ4n) is 3.80. The molecule has 29 heavy (non-hydrogen) atoms. The van der Waals surface area contributed by atoms with Crippen LogP contribution in [0.3, 0.4) is 0 Å². The average molecular weight is 430 g/mol. The Morgan fingerprint density at radius 3 is 2.52 bits per heavy atom. The third-order valence-corrected chi connectivity index (χ3v) is 5.18. The molecule has 3 aliphatic rings. The average Bonchev–Trinajstić information content (AvgIpc) is 3.21. The molecule has 3 fully saturated rings. The highest BCUT2D eigenvalue weighted by molar-refractivity contribution is 7.80. The molecule has 1 aromatic rings. The summed E-state index contributed by atoms with van der Waals surface area (Å²) in [6.07, 6.45) is -1.95. The Morgan fingerprint density at radius 2 is 1.83 bits per heavy atom. The van der Waals surface area contributed by atoms with E-state index in [1.54, 1.807) is 13.8 Å². The number of hydrogen-bond acceptors (Lipinski definition) is 6. The van der Waals surface area contributed by atoms with Crippen molar-refractivity contribution in [2.75, 3.05) is 11.9 Å². The van der Waals surface area contributed by atoms with Crippen molar-refractivity contribution in [2.24, 2.45) is 0 Å². The number of fused-ring (bicyclic) bond motifs is 1. The zero-order chi connectivity index (χ0) is 21.0. The second-order valence-corrected chi connectivity index (χ2v) is 8.59. The summed E-state index contributed by atoms with van der Waals surface area (Å²) in [7, 11) is 0. The normalized spacial score (nSPS) is 34.8. The van der Waals surface area contributed by atoms with Gasteiger partial charge in [-0.3, -0.25) is 0 Å². The van der Waals surface area contributed by atoms with E-state index >= 15 is 0 Å². The van der Waals surface area contributed by atoms with Crippen LogP contribution in [0.15, 0.2) is 18.2 Å². The predicted molar refractivity (Wildman–Crippen MR) is 103 cm³/mol. The SMILES string of the molecule is CC1(C)O[C@H]2O[C@H]([C@H]3COC(C)(C)O3)[C@@H](NC(=S)Nc3cc(F)ccc3F)[C@H]2O1. The topological polar surface area (TPSA) is 70.2 Å². The van der Waals surface area contributed by atoms with E-state index in [1.807, 2.05) is 13.8 Å². The Morgan fingerprint density at radius 1 is 1.07 bits per heavy atom. The number of thiocarbonyl (C=S) groups is 1. The molecule has 3 saturated heterocycles. The van der Waals surface area contributed by atoms with Crippen molar-refractivity contribution in [3.8, 4) is 0 Å². The monoisotopic (exact) mass is 430 g/mol. The molecule has 4 rings (SSSR count). The molecule has 0 aliphatic carbocycles. The van der Waals surface area contributed by atoms with Crippen LogP contribution in [-0.4, -0.2) is 53.9 Å². The summed E-state index contributed by atoms with van der Waals surface area (Å²) in [4.78, 5) is 0. The number of ether oxygens (including phenoxy) is 5. The van der Waals surface area contributed by atoms with Gasteiger partial charge in [-0.2, -0.15) is 0 Å².